The number of amides is 2. The average Bonchev–Trinajstić information content (AvgIpc) is 3.79. The highest BCUT2D eigenvalue weighted by Gasteiger charge is 2.50. The number of nitrogens with two attached hydrogens (primary N) is 1. The molecule has 1 saturated heterocycles. The lowest BCUT2D eigenvalue weighted by Gasteiger charge is -2.30. The van der Waals surface area contributed by atoms with Crippen LogP contribution in [0.1, 0.15) is 110 Å². The van der Waals surface area contributed by atoms with Gasteiger partial charge in [0.05, 0.1) is 19.5 Å². The summed E-state index contributed by atoms with van der Waals surface area (Å²) in [5.41, 5.74) is 4.28. The fourth-order valence-corrected chi connectivity index (χ4v) is 9.90. The van der Waals surface area contributed by atoms with Gasteiger partial charge in [-0.05, 0) is 32.1 Å². The molecule has 28 heteroatoms. The van der Waals surface area contributed by atoms with Crippen molar-refractivity contribution in [3.63, 3.8) is 0 Å². The Kier molecular flexibility index (Phi) is 23.8. The number of hydrogen-bond acceptors (Lipinski definition) is 18. The molecule has 1 aliphatic heterocycles. The predicted molar refractivity (Wildman–Crippen MR) is 237 cm³/mol. The minimum Gasteiger partial charge on any atom is -0.386 e. The van der Waals surface area contributed by atoms with Crippen LogP contribution in [0.2, 0.25) is 0 Å². The molecule has 370 valence electrons. The van der Waals surface area contributed by atoms with Crippen LogP contribution in [0.25, 0.3) is 11.2 Å². The second-order valence-corrected chi connectivity index (χ2v) is 21.3. The molecule has 0 aliphatic carbocycles. The largest absolute Gasteiger partial charge is 0.481 e. The molecule has 0 aromatic carbocycles. The lowest BCUT2D eigenvalue weighted by Crippen LogP contribution is -2.46. The molecule has 2 aromatic rings. The Morgan fingerprint density at radius 1 is 0.923 bits per heavy atom. The van der Waals surface area contributed by atoms with E-state index in [0.29, 0.717) is 12.2 Å². The zero-order valence-electron chi connectivity index (χ0n) is 36.7. The van der Waals surface area contributed by atoms with E-state index in [9.17, 15) is 57.9 Å². The van der Waals surface area contributed by atoms with E-state index in [4.69, 9.17) is 19.5 Å². The molecular weight excluding hydrogens is 939 g/mol. The highest BCUT2D eigenvalue weighted by molar-refractivity contribution is 8.13. The number of ether oxygens (including phenoxy) is 1. The molecule has 3 heterocycles. The van der Waals surface area contributed by atoms with Crippen LogP contribution in [0.3, 0.4) is 0 Å². The number of phosphoric ester groups is 3. The number of aliphatic hydroxyl groups is 2. The summed E-state index contributed by atoms with van der Waals surface area (Å²) in [7, 11) is -16.4. The molecule has 1 aliphatic rings. The molecule has 65 heavy (non-hydrogen) atoms. The summed E-state index contributed by atoms with van der Waals surface area (Å²) in [5, 5.41) is 26.6. The number of aliphatic hydroxyl groups excluding tert-OH is 2. The number of fused-ring (bicyclic) bond motifs is 1. The number of carbonyl (C=O) groups is 3. The lowest BCUT2D eigenvalue weighted by molar-refractivity contribution is -0.137. The fraction of sp³-hybridized carbons (Fsp3) is 0.730. The van der Waals surface area contributed by atoms with Crippen molar-refractivity contribution in [3.05, 3.63) is 24.8 Å². The Balaban J connectivity index is 1.33. The first-order valence-electron chi connectivity index (χ1n) is 21.3. The molecule has 0 spiro atoms. The minimum absolute atomic E-state index is 0.0326. The summed E-state index contributed by atoms with van der Waals surface area (Å²) in [6, 6.07) is 0. The summed E-state index contributed by atoms with van der Waals surface area (Å²) in [4.78, 5) is 88.2. The highest BCUT2D eigenvalue weighted by Crippen LogP contribution is 2.61. The summed E-state index contributed by atoms with van der Waals surface area (Å²) in [5.74, 6) is -1.04. The Morgan fingerprint density at radius 3 is 2.25 bits per heavy atom. The molecule has 0 bridgehead atoms. The minimum atomic E-state index is -5.57. The first kappa shape index (κ1) is 56.6. The number of nitrogens with zero attached hydrogens (tertiary/aromatic N) is 4. The number of aromatic nitrogens is 4. The topological polar surface area (TPSA) is 364 Å². The molecule has 24 nitrogen and oxygen atoms in total. The third-order valence-electron chi connectivity index (χ3n) is 9.91. The molecule has 2 amide bonds. The van der Waals surface area contributed by atoms with Gasteiger partial charge in [0.15, 0.2) is 22.8 Å². The van der Waals surface area contributed by atoms with Crippen LogP contribution in [0, 0.1) is 5.41 Å². The van der Waals surface area contributed by atoms with Gasteiger partial charge in [-0.3, -0.25) is 32.5 Å². The highest BCUT2D eigenvalue weighted by atomic mass is 32.2. The summed E-state index contributed by atoms with van der Waals surface area (Å²) < 4.78 is 62.4. The number of unbranched alkanes of at least 4 members (excludes halogenated alkanes) is 9. The fourth-order valence-electron chi connectivity index (χ4n) is 6.35. The molecule has 2 aromatic heterocycles. The van der Waals surface area contributed by atoms with E-state index in [-0.39, 0.29) is 41.6 Å². The third-order valence-corrected chi connectivity index (χ3v) is 13.9. The number of nitrogen functional groups attached to an aromatic ring is 1. The normalized spacial score (nSPS) is 20.4. The molecule has 3 rings (SSSR count). The van der Waals surface area contributed by atoms with Crippen molar-refractivity contribution in [1.29, 1.82) is 0 Å². The van der Waals surface area contributed by atoms with Gasteiger partial charge in [-0.15, -0.1) is 0 Å². The lowest BCUT2D eigenvalue weighted by atomic mass is 9.87. The number of anilines is 1. The second-order valence-electron chi connectivity index (χ2n) is 15.9. The van der Waals surface area contributed by atoms with Gasteiger partial charge in [0.1, 0.15) is 36.3 Å². The van der Waals surface area contributed by atoms with Crippen LogP contribution in [0.4, 0.5) is 5.82 Å². The van der Waals surface area contributed by atoms with E-state index < -0.39 is 84.6 Å². The average molecular weight is 1000 g/mol. The number of phosphoric acid groups is 3. The van der Waals surface area contributed by atoms with Gasteiger partial charge in [-0.2, -0.15) is 4.31 Å². The van der Waals surface area contributed by atoms with Crippen molar-refractivity contribution in [1.82, 2.24) is 30.2 Å². The molecule has 7 atom stereocenters. The maximum Gasteiger partial charge on any atom is 0.481 e. The van der Waals surface area contributed by atoms with Crippen molar-refractivity contribution in [2.45, 2.75) is 135 Å². The first-order valence-corrected chi connectivity index (χ1v) is 26.8. The summed E-state index contributed by atoms with van der Waals surface area (Å²) in [6.45, 7) is 2.77. The quantitative estimate of drug-likeness (QED) is 0.0285. The smallest absolute Gasteiger partial charge is 0.386 e. The van der Waals surface area contributed by atoms with Crippen molar-refractivity contribution >= 4 is 69.1 Å². The Hall–Kier alpha value is -2.70. The Morgan fingerprint density at radius 2 is 1.57 bits per heavy atom. The monoisotopic (exact) mass is 1000 g/mol. The van der Waals surface area contributed by atoms with Crippen molar-refractivity contribution < 1.29 is 80.5 Å². The number of thioether (sulfide) groups is 1. The van der Waals surface area contributed by atoms with Crippen molar-refractivity contribution in [3.8, 4) is 0 Å². The number of imidazole rings is 1. The van der Waals surface area contributed by atoms with Crippen LogP contribution in [0.15, 0.2) is 24.8 Å². The third kappa shape index (κ3) is 20.6. The van der Waals surface area contributed by atoms with Gasteiger partial charge in [0.2, 0.25) is 11.8 Å². The number of rotatable bonds is 32. The zero-order chi connectivity index (χ0) is 48.3. The van der Waals surface area contributed by atoms with Crippen LogP contribution in [0.5, 0.6) is 0 Å². The molecule has 10 N–H and O–H groups in total. The van der Waals surface area contributed by atoms with E-state index >= 15 is 0 Å². The van der Waals surface area contributed by atoms with Crippen LogP contribution < -0.4 is 16.4 Å². The van der Waals surface area contributed by atoms with Crippen molar-refractivity contribution in [2.75, 3.05) is 37.8 Å². The number of hydrogen-bond donors (Lipinski definition) is 9. The van der Waals surface area contributed by atoms with Crippen LogP contribution in [-0.4, -0.2) is 123 Å². The number of allylic oxidation sites excluding steroid dienone is 2. The second kappa shape index (κ2) is 27.3. The Bertz CT molecular complexity index is 2010. The number of carbonyl (C=O) groups excluding carboxylic acids is 3. The zero-order valence-corrected chi connectivity index (χ0v) is 40.2. The van der Waals surface area contributed by atoms with Crippen LogP contribution in [-0.2, 0) is 50.7 Å². The molecule has 0 radical (unpaired) electrons. The molecular formula is C37H64N7O17P3S. The maximum atomic E-state index is 12.7. The SMILES string of the molecule is CCCCCCCCC/C=C\CCCCC(=O)SCCNC(=O)CCNC(=O)[C@H](O)C(C)(C)COP(=O)(O)OP(=O)(O)OC[C@H]1O[C@@H](n2cnc3c(N)ncnc32)[C@H](O)[C@@H]1OP(=O)(O)O. The van der Waals surface area contributed by atoms with Gasteiger partial charge in [-0.25, -0.2) is 28.6 Å². The first-order chi connectivity index (χ1) is 30.6. The van der Waals surface area contributed by atoms with Gasteiger partial charge < -0.3 is 50.9 Å². The Labute approximate surface area is 381 Å². The van der Waals surface area contributed by atoms with E-state index in [0.717, 1.165) is 54.7 Å². The van der Waals surface area contributed by atoms with Gasteiger partial charge in [0, 0.05) is 37.1 Å². The van der Waals surface area contributed by atoms with E-state index in [1.807, 2.05) is 0 Å². The molecule has 0 saturated carbocycles. The van der Waals surface area contributed by atoms with E-state index in [2.05, 4.69) is 53.5 Å². The summed E-state index contributed by atoms with van der Waals surface area (Å²) in [6.07, 6.45) is 10.7. The van der Waals surface area contributed by atoms with Gasteiger partial charge >= 0.3 is 23.5 Å². The van der Waals surface area contributed by atoms with E-state index in [1.54, 1.807) is 0 Å². The molecule has 2 unspecified atom stereocenters. The molecule has 1 fully saturated rings. The standard InChI is InChI=1S/C37H64N7O17P3S/c1-4-5-6-7-8-9-10-11-12-13-14-15-16-17-28(46)65-21-20-39-27(45)18-19-40-35(49)32(48)37(2,3)23-58-64(55,56)61-63(53,54)57-22-26-31(60-62(50,51)52)30(47)36(59-26)44-25-43-29-33(38)41-24-42-34(29)44/h12-13,24-26,30-32,36,47-48H,4-11,14-23H2,1-3H3,(H,39,45)(H,40,49)(H,53,54)(H,55,56)(H2,38,41,42)(H2,50,51,52)/b13-12-/t26-,30-,31-,32+,36-/m1/s1. The number of nitrogens with one attached hydrogen (secondary N) is 2. The van der Waals surface area contributed by atoms with Crippen LogP contribution >= 0.6 is 35.2 Å². The van der Waals surface area contributed by atoms with E-state index in [1.165, 1.54) is 58.8 Å². The summed E-state index contributed by atoms with van der Waals surface area (Å²) >= 11 is 1.14. The maximum absolute atomic E-state index is 12.7. The van der Waals surface area contributed by atoms with Gasteiger partial charge in [0.25, 0.3) is 0 Å². The predicted octanol–water partition coefficient (Wildman–Crippen LogP) is 3.92. The van der Waals surface area contributed by atoms with Gasteiger partial charge in [-0.1, -0.05) is 83.2 Å². The van der Waals surface area contributed by atoms with Crippen molar-refractivity contribution in [2.24, 2.45) is 5.41 Å².